The third kappa shape index (κ3) is 2.72. The Balaban J connectivity index is 1.98. The molecule has 0 bridgehead atoms. The highest BCUT2D eigenvalue weighted by molar-refractivity contribution is 5.81. The molecule has 0 amide bonds. The second kappa shape index (κ2) is 4.47. The van der Waals surface area contributed by atoms with E-state index < -0.39 is 0 Å². The van der Waals surface area contributed by atoms with Crippen LogP contribution in [-0.2, 0) is 9.53 Å². The van der Waals surface area contributed by atoms with Gasteiger partial charge in [-0.2, -0.15) is 0 Å². The minimum atomic E-state index is -0.271. The first kappa shape index (κ1) is 12.7. The molecule has 0 spiro atoms. The van der Waals surface area contributed by atoms with E-state index in [1.165, 1.54) is 18.9 Å². The van der Waals surface area contributed by atoms with E-state index in [2.05, 4.69) is 27.4 Å². The molecule has 2 fully saturated rings. The molecule has 2 rings (SSSR count). The van der Waals surface area contributed by atoms with Crippen LogP contribution in [0.3, 0.4) is 0 Å². The van der Waals surface area contributed by atoms with Crippen molar-refractivity contribution in [3.05, 3.63) is 12.7 Å². The Kier molecular flexibility index (Phi) is 3.33. The van der Waals surface area contributed by atoms with Crippen molar-refractivity contribution in [2.45, 2.75) is 52.6 Å². The van der Waals surface area contributed by atoms with Crippen LogP contribution in [0.4, 0.5) is 0 Å². The van der Waals surface area contributed by atoms with E-state index in [1.54, 1.807) is 0 Å². The van der Waals surface area contributed by atoms with Gasteiger partial charge in [-0.15, -0.1) is 0 Å². The molecule has 2 heteroatoms. The molecule has 0 N–H and O–H groups in total. The summed E-state index contributed by atoms with van der Waals surface area (Å²) in [5.74, 6) is 2.27. The van der Waals surface area contributed by atoms with E-state index in [0.29, 0.717) is 0 Å². The van der Waals surface area contributed by atoms with Crippen molar-refractivity contribution in [1.29, 1.82) is 0 Å². The third-order valence-corrected chi connectivity index (χ3v) is 4.75. The standard InChI is InChI=1S/C15H24O2/c1-5-14(16)17-13-9-11(12-8-10(12)2)6-7-15(13,3)4/h5,10-13H,1,6-9H2,2-4H3. The number of esters is 1. The zero-order valence-electron chi connectivity index (χ0n) is 11.2. The summed E-state index contributed by atoms with van der Waals surface area (Å²) >= 11 is 0. The molecule has 2 aliphatic carbocycles. The van der Waals surface area contributed by atoms with Crippen LogP contribution < -0.4 is 0 Å². The maximum atomic E-state index is 11.4. The molecule has 0 heterocycles. The Bertz CT molecular complexity index is 319. The summed E-state index contributed by atoms with van der Waals surface area (Å²) in [6, 6.07) is 0. The zero-order chi connectivity index (χ0) is 12.6. The zero-order valence-corrected chi connectivity index (χ0v) is 11.2. The van der Waals surface area contributed by atoms with E-state index in [4.69, 9.17) is 4.74 Å². The molecule has 0 aromatic heterocycles. The highest BCUT2D eigenvalue weighted by atomic mass is 16.5. The third-order valence-electron chi connectivity index (χ3n) is 4.75. The number of carbonyl (C=O) groups is 1. The van der Waals surface area contributed by atoms with Crippen LogP contribution in [0, 0.1) is 23.2 Å². The molecule has 2 nitrogen and oxygen atoms in total. The molecule has 0 aliphatic heterocycles. The minimum absolute atomic E-state index is 0.0690. The smallest absolute Gasteiger partial charge is 0.330 e. The maximum Gasteiger partial charge on any atom is 0.330 e. The second-order valence-electron chi connectivity index (χ2n) is 6.53. The summed E-state index contributed by atoms with van der Waals surface area (Å²) in [6.45, 7) is 10.2. The van der Waals surface area contributed by atoms with Gasteiger partial charge in [0, 0.05) is 11.5 Å². The van der Waals surface area contributed by atoms with E-state index in [1.807, 2.05) is 0 Å². The number of ether oxygens (including phenoxy) is 1. The van der Waals surface area contributed by atoms with Gasteiger partial charge in [-0.25, -0.2) is 4.79 Å². The van der Waals surface area contributed by atoms with Gasteiger partial charge in [0.25, 0.3) is 0 Å². The van der Waals surface area contributed by atoms with Gasteiger partial charge in [-0.05, 0) is 43.4 Å². The lowest BCUT2D eigenvalue weighted by Crippen LogP contribution is -2.40. The Labute approximate surface area is 104 Å². The van der Waals surface area contributed by atoms with Crippen molar-refractivity contribution in [2.24, 2.45) is 23.2 Å². The Morgan fingerprint density at radius 2 is 2.06 bits per heavy atom. The summed E-state index contributed by atoms with van der Waals surface area (Å²) in [7, 11) is 0. The predicted molar refractivity (Wildman–Crippen MR) is 68.5 cm³/mol. The van der Waals surface area contributed by atoms with Gasteiger partial charge >= 0.3 is 5.97 Å². The molecule has 2 saturated carbocycles. The first-order chi connectivity index (χ1) is 7.94. The summed E-state index contributed by atoms with van der Waals surface area (Å²) in [5, 5.41) is 0. The van der Waals surface area contributed by atoms with Crippen LogP contribution in [0.15, 0.2) is 12.7 Å². The van der Waals surface area contributed by atoms with Gasteiger partial charge in [0.1, 0.15) is 6.10 Å². The van der Waals surface area contributed by atoms with Gasteiger partial charge in [0.2, 0.25) is 0 Å². The maximum absolute atomic E-state index is 11.4. The molecule has 0 aromatic carbocycles. The molecule has 17 heavy (non-hydrogen) atoms. The van der Waals surface area contributed by atoms with Crippen LogP contribution >= 0.6 is 0 Å². The average Bonchev–Trinajstić information content (AvgIpc) is 2.98. The summed E-state index contributed by atoms with van der Waals surface area (Å²) < 4.78 is 5.54. The molecule has 4 atom stereocenters. The quantitative estimate of drug-likeness (QED) is 0.553. The Hall–Kier alpha value is -0.790. The monoisotopic (exact) mass is 236 g/mol. The number of carbonyl (C=O) groups excluding carboxylic acids is 1. The van der Waals surface area contributed by atoms with Crippen LogP contribution in [0.25, 0.3) is 0 Å². The van der Waals surface area contributed by atoms with Gasteiger partial charge in [0.05, 0.1) is 0 Å². The molecule has 0 aromatic rings. The lowest BCUT2D eigenvalue weighted by atomic mass is 9.69. The summed E-state index contributed by atoms with van der Waals surface area (Å²) in [5.41, 5.74) is 0.118. The van der Waals surface area contributed by atoms with E-state index in [-0.39, 0.29) is 17.5 Å². The fourth-order valence-electron chi connectivity index (χ4n) is 3.22. The van der Waals surface area contributed by atoms with Gasteiger partial charge in [-0.3, -0.25) is 0 Å². The summed E-state index contributed by atoms with van der Waals surface area (Å²) in [4.78, 5) is 11.4. The fourth-order valence-corrected chi connectivity index (χ4v) is 3.22. The number of rotatable bonds is 3. The molecule has 4 unspecified atom stereocenters. The largest absolute Gasteiger partial charge is 0.459 e. The van der Waals surface area contributed by atoms with Crippen LogP contribution in [0.2, 0.25) is 0 Å². The molecular formula is C15H24O2. The minimum Gasteiger partial charge on any atom is -0.459 e. The van der Waals surface area contributed by atoms with Crippen LogP contribution in [0.1, 0.15) is 46.5 Å². The predicted octanol–water partition coefficient (Wildman–Crippen LogP) is 3.57. The van der Waals surface area contributed by atoms with E-state index >= 15 is 0 Å². The van der Waals surface area contributed by atoms with Crippen molar-refractivity contribution >= 4 is 5.97 Å². The lowest BCUT2D eigenvalue weighted by Gasteiger charge is -2.41. The van der Waals surface area contributed by atoms with Crippen molar-refractivity contribution < 1.29 is 9.53 Å². The van der Waals surface area contributed by atoms with Gasteiger partial charge in [0.15, 0.2) is 0 Å². The first-order valence-corrected chi connectivity index (χ1v) is 6.77. The topological polar surface area (TPSA) is 26.3 Å². The van der Waals surface area contributed by atoms with Gasteiger partial charge < -0.3 is 4.74 Å². The second-order valence-corrected chi connectivity index (χ2v) is 6.53. The molecule has 2 aliphatic rings. The van der Waals surface area contributed by atoms with Crippen molar-refractivity contribution in [3.8, 4) is 0 Å². The highest BCUT2D eigenvalue weighted by Crippen LogP contribution is 2.52. The molecular weight excluding hydrogens is 212 g/mol. The SMILES string of the molecule is C=CC(=O)OC1CC(C2CC2C)CCC1(C)C. The van der Waals surface area contributed by atoms with Crippen LogP contribution in [0.5, 0.6) is 0 Å². The lowest BCUT2D eigenvalue weighted by molar-refractivity contribution is -0.153. The number of hydrogen-bond acceptors (Lipinski definition) is 2. The fraction of sp³-hybridized carbons (Fsp3) is 0.800. The first-order valence-electron chi connectivity index (χ1n) is 6.77. The Morgan fingerprint density at radius 1 is 1.41 bits per heavy atom. The van der Waals surface area contributed by atoms with Crippen molar-refractivity contribution in [3.63, 3.8) is 0 Å². The number of hydrogen-bond donors (Lipinski definition) is 0. The highest BCUT2D eigenvalue weighted by Gasteiger charge is 2.46. The normalized spacial score (nSPS) is 39.5. The summed E-state index contributed by atoms with van der Waals surface area (Å²) in [6.07, 6.45) is 6.22. The molecule has 0 saturated heterocycles. The molecule has 0 radical (unpaired) electrons. The van der Waals surface area contributed by atoms with E-state index in [0.717, 1.165) is 30.6 Å². The molecule has 96 valence electrons. The van der Waals surface area contributed by atoms with E-state index in [9.17, 15) is 4.79 Å². The van der Waals surface area contributed by atoms with Crippen LogP contribution in [-0.4, -0.2) is 12.1 Å². The van der Waals surface area contributed by atoms with Crippen molar-refractivity contribution in [1.82, 2.24) is 0 Å². The Morgan fingerprint density at radius 3 is 2.59 bits per heavy atom. The average molecular weight is 236 g/mol. The van der Waals surface area contributed by atoms with Crippen molar-refractivity contribution in [2.75, 3.05) is 0 Å². The van der Waals surface area contributed by atoms with Gasteiger partial charge in [-0.1, -0.05) is 27.4 Å².